The van der Waals surface area contributed by atoms with Crippen LogP contribution in [-0.4, -0.2) is 43.1 Å². The molecular weight excluding hydrogens is 349 g/mol. The second kappa shape index (κ2) is 17.8. The molecule has 1 amide bonds. The second-order valence-electron chi connectivity index (χ2n) is 6.72. The van der Waals surface area contributed by atoms with E-state index in [2.05, 4.69) is 6.92 Å². The molecule has 0 unspecified atom stereocenters. The zero-order valence-electron chi connectivity index (χ0n) is 16.6. The zero-order chi connectivity index (χ0) is 18.3. The fourth-order valence-corrected chi connectivity index (χ4v) is 3.22. The molecule has 0 radical (unpaired) electrons. The van der Waals surface area contributed by atoms with Crippen LogP contribution in [0.4, 0.5) is 0 Å². The number of rotatable bonds is 16. The van der Waals surface area contributed by atoms with Gasteiger partial charge in [0.2, 0.25) is 5.91 Å². The van der Waals surface area contributed by atoms with Crippen LogP contribution in [-0.2, 0) is 14.9 Å². The first-order valence-electron chi connectivity index (χ1n) is 9.54. The Morgan fingerprint density at radius 3 is 1.72 bits per heavy atom. The van der Waals surface area contributed by atoms with E-state index in [1.807, 2.05) is 0 Å². The minimum atomic E-state index is -4.17. The Labute approximate surface area is 177 Å². The second-order valence-corrected chi connectivity index (χ2v) is 8.24. The van der Waals surface area contributed by atoms with E-state index in [1.54, 1.807) is 7.05 Å². The summed E-state index contributed by atoms with van der Waals surface area (Å²) in [5, 5.41) is 0. The molecule has 0 saturated heterocycles. The van der Waals surface area contributed by atoms with E-state index in [0.717, 1.165) is 12.8 Å². The number of amides is 1. The summed E-state index contributed by atoms with van der Waals surface area (Å²) in [7, 11) is -2.51. The summed E-state index contributed by atoms with van der Waals surface area (Å²) < 4.78 is 31.5. The van der Waals surface area contributed by atoms with Crippen molar-refractivity contribution in [1.29, 1.82) is 0 Å². The van der Waals surface area contributed by atoms with Crippen LogP contribution < -0.4 is 29.6 Å². The van der Waals surface area contributed by atoms with Gasteiger partial charge in [-0.05, 0) is 12.8 Å². The SMILES string of the molecule is CCCCCCCCCCCCCC(=O)N(C)CCCS(=O)(=O)[O-].[Na+]. The van der Waals surface area contributed by atoms with Crippen LogP contribution in [0.1, 0.15) is 90.4 Å². The summed E-state index contributed by atoms with van der Waals surface area (Å²) in [5.41, 5.74) is 0. The van der Waals surface area contributed by atoms with E-state index in [9.17, 15) is 17.8 Å². The van der Waals surface area contributed by atoms with Crippen molar-refractivity contribution in [2.45, 2.75) is 90.4 Å². The van der Waals surface area contributed by atoms with Crippen molar-refractivity contribution < 1.29 is 47.3 Å². The van der Waals surface area contributed by atoms with Gasteiger partial charge in [-0.15, -0.1) is 0 Å². The quantitative estimate of drug-likeness (QED) is 0.226. The first-order valence-corrected chi connectivity index (χ1v) is 11.1. The summed E-state index contributed by atoms with van der Waals surface area (Å²) in [6.45, 7) is 2.57. The Kier molecular flexibility index (Phi) is 19.6. The van der Waals surface area contributed by atoms with Crippen LogP contribution >= 0.6 is 0 Å². The predicted molar refractivity (Wildman–Crippen MR) is 97.9 cm³/mol. The molecule has 0 aliphatic rings. The van der Waals surface area contributed by atoms with Gasteiger partial charge in [0.05, 0.1) is 10.1 Å². The topological polar surface area (TPSA) is 77.5 Å². The molecule has 0 bridgehead atoms. The Morgan fingerprint density at radius 1 is 0.840 bits per heavy atom. The van der Waals surface area contributed by atoms with Gasteiger partial charge < -0.3 is 9.45 Å². The number of carbonyl (C=O) groups is 1. The average Bonchev–Trinajstić information content (AvgIpc) is 2.51. The molecule has 0 aromatic rings. The van der Waals surface area contributed by atoms with Crippen LogP contribution in [0.3, 0.4) is 0 Å². The molecule has 0 aliphatic carbocycles. The Bertz CT molecular complexity index is 415. The standard InChI is InChI=1S/C18H37NO4S.Na/c1-3-4-5-6-7-8-9-10-11-12-13-15-18(20)19(2)16-14-17-24(21,22)23;/h3-17H2,1-2H3,(H,21,22,23);/q;+1/p-1. The molecule has 0 aromatic carbocycles. The minimum absolute atomic E-state index is 0. The van der Waals surface area contributed by atoms with E-state index in [4.69, 9.17) is 0 Å². The van der Waals surface area contributed by atoms with Crippen LogP contribution in [0.2, 0.25) is 0 Å². The zero-order valence-corrected chi connectivity index (χ0v) is 19.4. The maximum Gasteiger partial charge on any atom is 1.00 e. The van der Waals surface area contributed by atoms with Gasteiger partial charge in [0, 0.05) is 25.8 Å². The summed E-state index contributed by atoms with van der Waals surface area (Å²) >= 11 is 0. The molecule has 0 aromatic heterocycles. The van der Waals surface area contributed by atoms with Crippen LogP contribution in [0.25, 0.3) is 0 Å². The molecule has 0 spiro atoms. The molecule has 7 heteroatoms. The number of hydrogen-bond donors (Lipinski definition) is 0. The summed E-state index contributed by atoms with van der Waals surface area (Å²) in [5.74, 6) is -0.363. The molecule has 5 nitrogen and oxygen atoms in total. The van der Waals surface area contributed by atoms with Crippen molar-refractivity contribution in [3.63, 3.8) is 0 Å². The van der Waals surface area contributed by atoms with Gasteiger partial charge in [-0.25, -0.2) is 8.42 Å². The Hall–Kier alpha value is 0.380. The van der Waals surface area contributed by atoms with E-state index in [1.165, 1.54) is 62.7 Å². The summed E-state index contributed by atoms with van der Waals surface area (Å²) in [6, 6.07) is 0. The van der Waals surface area contributed by atoms with E-state index in [0.29, 0.717) is 13.0 Å². The largest absolute Gasteiger partial charge is 1.00 e. The maximum atomic E-state index is 11.9. The summed E-state index contributed by atoms with van der Waals surface area (Å²) in [4.78, 5) is 13.4. The van der Waals surface area contributed by atoms with Gasteiger partial charge in [0.1, 0.15) is 0 Å². The van der Waals surface area contributed by atoms with Crippen molar-refractivity contribution in [3.05, 3.63) is 0 Å². The van der Waals surface area contributed by atoms with Crippen molar-refractivity contribution in [2.24, 2.45) is 0 Å². The fourth-order valence-electron chi connectivity index (χ4n) is 2.73. The van der Waals surface area contributed by atoms with Gasteiger partial charge in [0.15, 0.2) is 0 Å². The average molecular weight is 386 g/mol. The maximum absolute atomic E-state index is 11.9. The van der Waals surface area contributed by atoms with Crippen LogP contribution in [0, 0.1) is 0 Å². The molecule has 0 rings (SSSR count). The van der Waals surface area contributed by atoms with Gasteiger partial charge in [0.25, 0.3) is 0 Å². The van der Waals surface area contributed by atoms with Gasteiger partial charge in [-0.2, -0.15) is 0 Å². The molecule has 0 aliphatic heterocycles. The van der Waals surface area contributed by atoms with E-state index < -0.39 is 15.9 Å². The molecule has 0 saturated carbocycles. The van der Waals surface area contributed by atoms with Gasteiger partial charge in [-0.3, -0.25) is 4.79 Å². The molecular formula is C18H36NNaO4S. The molecule has 25 heavy (non-hydrogen) atoms. The van der Waals surface area contributed by atoms with Gasteiger partial charge >= 0.3 is 29.6 Å². The summed E-state index contributed by atoms with van der Waals surface area (Å²) in [6.07, 6.45) is 14.5. The fraction of sp³-hybridized carbons (Fsp3) is 0.944. The molecule has 0 fully saturated rings. The number of unbranched alkanes of at least 4 members (excludes halogenated alkanes) is 10. The van der Waals surface area contributed by atoms with Crippen molar-refractivity contribution in [3.8, 4) is 0 Å². The smallest absolute Gasteiger partial charge is 0.748 e. The van der Waals surface area contributed by atoms with Crippen LogP contribution in [0.15, 0.2) is 0 Å². The van der Waals surface area contributed by atoms with E-state index >= 15 is 0 Å². The molecule has 144 valence electrons. The Balaban J connectivity index is 0. The third kappa shape index (κ3) is 20.5. The van der Waals surface area contributed by atoms with Crippen molar-refractivity contribution in [2.75, 3.05) is 19.3 Å². The number of carbonyl (C=O) groups excluding carboxylic acids is 1. The van der Waals surface area contributed by atoms with Crippen LogP contribution in [0.5, 0.6) is 0 Å². The number of hydrogen-bond acceptors (Lipinski definition) is 4. The molecule has 0 atom stereocenters. The third-order valence-electron chi connectivity index (χ3n) is 4.31. The third-order valence-corrected chi connectivity index (χ3v) is 5.10. The first-order chi connectivity index (χ1) is 11.4. The predicted octanol–water partition coefficient (Wildman–Crippen LogP) is 1.09. The van der Waals surface area contributed by atoms with E-state index in [-0.39, 0.29) is 41.9 Å². The van der Waals surface area contributed by atoms with Crippen molar-refractivity contribution in [1.82, 2.24) is 4.90 Å². The molecule has 0 heterocycles. The number of nitrogens with zero attached hydrogens (tertiary/aromatic N) is 1. The monoisotopic (exact) mass is 385 g/mol. The Morgan fingerprint density at radius 2 is 1.28 bits per heavy atom. The first kappa shape index (κ1) is 27.6. The van der Waals surface area contributed by atoms with Crippen molar-refractivity contribution >= 4 is 16.0 Å². The molecule has 0 N–H and O–H groups in total. The minimum Gasteiger partial charge on any atom is -0.748 e. The van der Waals surface area contributed by atoms with Gasteiger partial charge in [-0.1, -0.05) is 71.1 Å². The normalized spacial score (nSPS) is 11.2.